The average Bonchev–Trinajstić information content (AvgIpc) is 2.21. The van der Waals surface area contributed by atoms with Crippen molar-refractivity contribution in [1.82, 2.24) is 10.3 Å². The van der Waals surface area contributed by atoms with Gasteiger partial charge in [0.1, 0.15) is 0 Å². The minimum absolute atomic E-state index is 0.113. The molecule has 0 fully saturated rings. The molecule has 0 bridgehead atoms. The molecule has 0 aliphatic carbocycles. The van der Waals surface area contributed by atoms with Gasteiger partial charge in [-0.2, -0.15) is 0 Å². The van der Waals surface area contributed by atoms with Crippen LogP contribution in [0.15, 0.2) is 18.3 Å². The molecular formula is C10H17N3O2S. The van der Waals surface area contributed by atoms with E-state index in [1.165, 1.54) is 6.20 Å². The highest BCUT2D eigenvalue weighted by atomic mass is 32.2. The summed E-state index contributed by atoms with van der Waals surface area (Å²) in [6.45, 7) is 2.54. The molecule has 1 rings (SSSR count). The normalized spacial score (nSPS) is 11.4. The van der Waals surface area contributed by atoms with Crippen LogP contribution < -0.4 is 10.0 Å². The zero-order valence-electron chi connectivity index (χ0n) is 9.53. The molecule has 0 aromatic carbocycles. The molecule has 0 aliphatic rings. The van der Waals surface area contributed by atoms with Crippen molar-refractivity contribution < 1.29 is 8.42 Å². The molecule has 5 nitrogen and oxygen atoms in total. The van der Waals surface area contributed by atoms with E-state index in [0.717, 1.165) is 5.69 Å². The number of aryl methyl sites for hydroxylation is 1. The molecule has 0 saturated carbocycles. The highest BCUT2D eigenvalue weighted by Crippen LogP contribution is 2.08. The summed E-state index contributed by atoms with van der Waals surface area (Å²) >= 11 is 0. The predicted octanol–water partition coefficient (Wildman–Crippen LogP) is 0.741. The smallest absolute Gasteiger partial charge is 0.232 e. The molecule has 0 amide bonds. The SMILES string of the molecule is CNCCCS(=O)(=O)Nc1ccc(C)nc1. The standard InChI is InChI=1S/C10H17N3O2S/c1-9-4-5-10(8-12-9)13-16(14,15)7-3-6-11-2/h4-5,8,11,13H,3,6-7H2,1-2H3. The zero-order chi connectivity index (χ0) is 12.0. The second-order valence-electron chi connectivity index (χ2n) is 3.57. The topological polar surface area (TPSA) is 71.1 Å². The van der Waals surface area contributed by atoms with Crippen LogP contribution in [-0.2, 0) is 10.0 Å². The Morgan fingerprint density at radius 3 is 2.69 bits per heavy atom. The summed E-state index contributed by atoms with van der Waals surface area (Å²) in [6.07, 6.45) is 2.11. The van der Waals surface area contributed by atoms with Crippen molar-refractivity contribution in [1.29, 1.82) is 0 Å². The highest BCUT2D eigenvalue weighted by Gasteiger charge is 2.09. The minimum atomic E-state index is -3.25. The monoisotopic (exact) mass is 243 g/mol. The van der Waals surface area contributed by atoms with E-state index in [-0.39, 0.29) is 5.75 Å². The molecule has 0 atom stereocenters. The van der Waals surface area contributed by atoms with Gasteiger partial charge in [0.15, 0.2) is 0 Å². The van der Waals surface area contributed by atoms with Crippen LogP contribution in [0.25, 0.3) is 0 Å². The molecular weight excluding hydrogens is 226 g/mol. The first kappa shape index (κ1) is 12.9. The molecule has 0 saturated heterocycles. The van der Waals surface area contributed by atoms with Crippen LogP contribution in [0.2, 0.25) is 0 Å². The number of anilines is 1. The van der Waals surface area contributed by atoms with Crippen LogP contribution in [0.1, 0.15) is 12.1 Å². The summed E-state index contributed by atoms with van der Waals surface area (Å²) < 4.78 is 25.7. The van der Waals surface area contributed by atoms with E-state index in [1.807, 2.05) is 6.92 Å². The van der Waals surface area contributed by atoms with E-state index in [9.17, 15) is 8.42 Å². The van der Waals surface area contributed by atoms with Crippen molar-refractivity contribution in [3.63, 3.8) is 0 Å². The van der Waals surface area contributed by atoms with E-state index in [1.54, 1.807) is 19.2 Å². The summed E-state index contributed by atoms with van der Waals surface area (Å²) in [5, 5.41) is 2.91. The van der Waals surface area contributed by atoms with Crippen LogP contribution in [0, 0.1) is 6.92 Å². The van der Waals surface area contributed by atoms with Crippen LogP contribution in [0.4, 0.5) is 5.69 Å². The number of nitrogens with one attached hydrogen (secondary N) is 2. The predicted molar refractivity (Wildman–Crippen MR) is 64.9 cm³/mol. The van der Waals surface area contributed by atoms with Crippen molar-refractivity contribution in [2.75, 3.05) is 24.1 Å². The van der Waals surface area contributed by atoms with Crippen molar-refractivity contribution >= 4 is 15.7 Å². The average molecular weight is 243 g/mol. The molecule has 16 heavy (non-hydrogen) atoms. The van der Waals surface area contributed by atoms with Gasteiger partial charge < -0.3 is 5.32 Å². The summed E-state index contributed by atoms with van der Waals surface area (Å²) in [6, 6.07) is 3.48. The Morgan fingerprint density at radius 1 is 1.38 bits per heavy atom. The van der Waals surface area contributed by atoms with E-state index in [4.69, 9.17) is 0 Å². The molecule has 6 heteroatoms. The van der Waals surface area contributed by atoms with Gasteiger partial charge in [0.25, 0.3) is 0 Å². The Balaban J connectivity index is 2.55. The lowest BCUT2D eigenvalue weighted by Crippen LogP contribution is -2.20. The van der Waals surface area contributed by atoms with Gasteiger partial charge in [-0.05, 0) is 39.1 Å². The fourth-order valence-electron chi connectivity index (χ4n) is 1.20. The Bertz CT molecular complexity index is 414. The van der Waals surface area contributed by atoms with Crippen LogP contribution >= 0.6 is 0 Å². The molecule has 0 spiro atoms. The fourth-order valence-corrected chi connectivity index (χ4v) is 2.30. The van der Waals surface area contributed by atoms with E-state index < -0.39 is 10.0 Å². The first-order chi connectivity index (χ1) is 7.53. The van der Waals surface area contributed by atoms with Crippen LogP contribution in [-0.4, -0.2) is 32.7 Å². The molecule has 90 valence electrons. The fraction of sp³-hybridized carbons (Fsp3) is 0.500. The first-order valence-corrected chi connectivity index (χ1v) is 6.76. The maximum Gasteiger partial charge on any atom is 0.232 e. The number of pyridine rings is 1. The van der Waals surface area contributed by atoms with Gasteiger partial charge in [0.2, 0.25) is 10.0 Å². The minimum Gasteiger partial charge on any atom is -0.320 e. The highest BCUT2D eigenvalue weighted by molar-refractivity contribution is 7.92. The second-order valence-corrected chi connectivity index (χ2v) is 5.41. The van der Waals surface area contributed by atoms with Crippen molar-refractivity contribution in [3.05, 3.63) is 24.0 Å². The molecule has 2 N–H and O–H groups in total. The van der Waals surface area contributed by atoms with Crippen molar-refractivity contribution in [2.24, 2.45) is 0 Å². The number of sulfonamides is 1. The first-order valence-electron chi connectivity index (χ1n) is 5.11. The lowest BCUT2D eigenvalue weighted by Gasteiger charge is -2.07. The van der Waals surface area contributed by atoms with E-state index >= 15 is 0 Å². The maximum absolute atomic E-state index is 11.6. The van der Waals surface area contributed by atoms with Gasteiger partial charge in [-0.3, -0.25) is 9.71 Å². The Morgan fingerprint density at radius 2 is 2.12 bits per heavy atom. The second kappa shape index (κ2) is 5.81. The third-order valence-corrected chi connectivity index (χ3v) is 3.40. The lowest BCUT2D eigenvalue weighted by molar-refractivity contribution is 0.597. The van der Waals surface area contributed by atoms with Crippen LogP contribution in [0.5, 0.6) is 0 Å². The number of rotatable bonds is 6. The maximum atomic E-state index is 11.6. The molecule has 1 aromatic heterocycles. The van der Waals surface area contributed by atoms with Gasteiger partial charge in [-0.15, -0.1) is 0 Å². The van der Waals surface area contributed by atoms with Gasteiger partial charge in [-0.25, -0.2) is 8.42 Å². The molecule has 0 radical (unpaired) electrons. The van der Waals surface area contributed by atoms with Crippen molar-refractivity contribution in [2.45, 2.75) is 13.3 Å². The molecule has 1 heterocycles. The third kappa shape index (κ3) is 4.59. The Labute approximate surface area is 96.3 Å². The van der Waals surface area contributed by atoms with E-state index in [0.29, 0.717) is 18.7 Å². The summed E-state index contributed by atoms with van der Waals surface area (Å²) in [5.74, 6) is 0.113. The number of aromatic nitrogens is 1. The molecule has 0 unspecified atom stereocenters. The summed E-state index contributed by atoms with van der Waals surface area (Å²) in [5.41, 5.74) is 1.37. The van der Waals surface area contributed by atoms with Gasteiger partial charge in [0.05, 0.1) is 17.6 Å². The Kier molecular flexibility index (Phi) is 4.70. The van der Waals surface area contributed by atoms with Crippen LogP contribution in [0.3, 0.4) is 0 Å². The molecule has 1 aromatic rings. The number of hydrogen-bond donors (Lipinski definition) is 2. The largest absolute Gasteiger partial charge is 0.320 e. The van der Waals surface area contributed by atoms with Crippen molar-refractivity contribution in [3.8, 4) is 0 Å². The van der Waals surface area contributed by atoms with E-state index in [2.05, 4.69) is 15.0 Å². The number of nitrogens with zero attached hydrogens (tertiary/aromatic N) is 1. The summed E-state index contributed by atoms with van der Waals surface area (Å²) in [4.78, 5) is 4.02. The molecule has 0 aliphatic heterocycles. The lowest BCUT2D eigenvalue weighted by atomic mass is 10.4. The summed E-state index contributed by atoms with van der Waals surface area (Å²) in [7, 11) is -1.45. The quantitative estimate of drug-likeness (QED) is 0.723. The third-order valence-electron chi connectivity index (χ3n) is 2.02. The van der Waals surface area contributed by atoms with Gasteiger partial charge >= 0.3 is 0 Å². The Hall–Kier alpha value is -1.14. The van der Waals surface area contributed by atoms with Gasteiger partial charge in [-0.1, -0.05) is 0 Å². The number of hydrogen-bond acceptors (Lipinski definition) is 4. The zero-order valence-corrected chi connectivity index (χ0v) is 10.3. The van der Waals surface area contributed by atoms with Gasteiger partial charge in [0, 0.05) is 5.69 Å².